The molecule has 0 bridgehead atoms. The molecule has 1 aromatic carbocycles. The molecule has 2 fully saturated rings. The molecule has 0 unspecified atom stereocenters. The van der Waals surface area contributed by atoms with Gasteiger partial charge >= 0.3 is 0 Å². The number of carbonyl (C=O) groups excluding carboxylic acids is 3. The molecule has 3 heterocycles. The molecule has 0 aromatic heterocycles. The van der Waals surface area contributed by atoms with E-state index in [-0.39, 0.29) is 29.8 Å². The van der Waals surface area contributed by atoms with E-state index in [0.29, 0.717) is 22.7 Å². The Bertz CT molecular complexity index is 811. The van der Waals surface area contributed by atoms with Crippen LogP contribution in [-0.4, -0.2) is 34.7 Å². The lowest BCUT2D eigenvalue weighted by Crippen LogP contribution is -2.98. The number of anilines is 1. The predicted octanol–water partition coefficient (Wildman–Crippen LogP) is 0.853. The number of hydrogen-bond acceptors (Lipinski definition) is 3. The molecule has 2 saturated heterocycles. The van der Waals surface area contributed by atoms with Crippen LogP contribution < -0.4 is 10.6 Å². The lowest BCUT2D eigenvalue weighted by molar-refractivity contribution is -0.730. The van der Waals surface area contributed by atoms with Gasteiger partial charge in [-0.25, -0.2) is 0 Å². The second-order valence-corrected chi connectivity index (χ2v) is 7.73. The van der Waals surface area contributed by atoms with Gasteiger partial charge in [0.1, 0.15) is 11.8 Å². The third kappa shape index (κ3) is 1.87. The zero-order valence-corrected chi connectivity index (χ0v) is 15.1. The van der Waals surface area contributed by atoms with Crippen molar-refractivity contribution < 1.29 is 19.7 Å². The summed E-state index contributed by atoms with van der Waals surface area (Å²) in [5, 5.41) is 5.17. The van der Waals surface area contributed by atoms with E-state index in [1.165, 1.54) is 4.90 Å². The SMILES string of the molecule is CC[C@H](C)N1C(=O)[C@H]2[C@@H](C1=O)[C@@]1([NH2+][C@@H]2C)C(=O)Nc2c(Cl)cccc21. The van der Waals surface area contributed by atoms with Gasteiger partial charge in [-0.05, 0) is 32.4 Å². The number of nitrogens with two attached hydrogens (primary N) is 1. The lowest BCUT2D eigenvalue weighted by atomic mass is 9.76. The summed E-state index contributed by atoms with van der Waals surface area (Å²) >= 11 is 6.25. The molecule has 0 radical (unpaired) electrons. The van der Waals surface area contributed by atoms with Crippen LogP contribution in [0.25, 0.3) is 0 Å². The number of hydrogen-bond donors (Lipinski definition) is 2. The fourth-order valence-electron chi connectivity index (χ4n) is 4.77. The minimum Gasteiger partial charge on any atom is -0.326 e. The number of amides is 3. The highest BCUT2D eigenvalue weighted by atomic mass is 35.5. The van der Waals surface area contributed by atoms with Crippen LogP contribution in [0.4, 0.5) is 5.69 Å². The molecule has 5 atom stereocenters. The van der Waals surface area contributed by atoms with E-state index < -0.39 is 17.4 Å². The Morgan fingerprint density at radius 1 is 1.32 bits per heavy atom. The van der Waals surface area contributed by atoms with E-state index in [9.17, 15) is 14.4 Å². The Kier molecular flexibility index (Phi) is 3.50. The van der Waals surface area contributed by atoms with Crippen molar-refractivity contribution in [3.05, 3.63) is 28.8 Å². The molecule has 4 rings (SSSR count). The summed E-state index contributed by atoms with van der Waals surface area (Å²) < 4.78 is 0. The summed E-state index contributed by atoms with van der Waals surface area (Å²) in [5.41, 5.74) is 0.149. The Labute approximate surface area is 150 Å². The number of halogens is 1. The van der Waals surface area contributed by atoms with Crippen LogP contribution in [-0.2, 0) is 19.9 Å². The third-order valence-electron chi connectivity index (χ3n) is 6.07. The molecule has 3 N–H and O–H groups in total. The molecule has 132 valence electrons. The summed E-state index contributed by atoms with van der Waals surface area (Å²) in [5.74, 6) is -1.84. The van der Waals surface area contributed by atoms with Crippen LogP contribution >= 0.6 is 11.6 Å². The quantitative estimate of drug-likeness (QED) is 0.765. The van der Waals surface area contributed by atoms with Crippen LogP contribution in [0, 0.1) is 11.8 Å². The van der Waals surface area contributed by atoms with E-state index in [1.54, 1.807) is 12.1 Å². The van der Waals surface area contributed by atoms with Crippen molar-refractivity contribution in [2.24, 2.45) is 11.8 Å². The third-order valence-corrected chi connectivity index (χ3v) is 6.39. The zero-order chi connectivity index (χ0) is 18.1. The summed E-state index contributed by atoms with van der Waals surface area (Å²) in [6, 6.07) is 4.99. The van der Waals surface area contributed by atoms with Crippen molar-refractivity contribution in [1.29, 1.82) is 0 Å². The Hall–Kier alpha value is -1.92. The molecule has 25 heavy (non-hydrogen) atoms. The highest BCUT2D eigenvalue weighted by molar-refractivity contribution is 6.35. The highest BCUT2D eigenvalue weighted by Gasteiger charge is 2.73. The number of benzene rings is 1. The van der Waals surface area contributed by atoms with Gasteiger partial charge in [0.2, 0.25) is 17.4 Å². The minimum absolute atomic E-state index is 0.159. The van der Waals surface area contributed by atoms with Gasteiger partial charge in [-0.3, -0.25) is 19.3 Å². The molecule has 6 nitrogen and oxygen atoms in total. The van der Waals surface area contributed by atoms with Gasteiger partial charge in [-0.2, -0.15) is 0 Å². The lowest BCUT2D eigenvalue weighted by Gasteiger charge is -2.28. The minimum atomic E-state index is -1.11. The van der Waals surface area contributed by atoms with E-state index in [0.717, 1.165) is 0 Å². The van der Waals surface area contributed by atoms with Gasteiger partial charge in [0.25, 0.3) is 5.91 Å². The average Bonchev–Trinajstić information content (AvgIpc) is 3.13. The standard InChI is InChI=1S/C18H20ClN3O3/c1-4-8(2)22-15(23)12-9(3)21-18(13(12)16(22)24)10-6-5-7-11(19)14(10)20-17(18)25/h5-9,12-13,21H,4H2,1-3H3,(H,20,25)/p+1/t8-,9+,12+,13-,18+/m0/s1. The number of carbonyl (C=O) groups is 3. The van der Waals surface area contributed by atoms with Crippen molar-refractivity contribution in [3.8, 4) is 0 Å². The number of para-hydroxylation sites is 1. The Morgan fingerprint density at radius 3 is 2.72 bits per heavy atom. The van der Waals surface area contributed by atoms with E-state index in [2.05, 4.69) is 5.32 Å². The van der Waals surface area contributed by atoms with Crippen LogP contribution in [0.1, 0.15) is 32.8 Å². The smallest absolute Gasteiger partial charge is 0.291 e. The summed E-state index contributed by atoms with van der Waals surface area (Å²) in [7, 11) is 0. The van der Waals surface area contributed by atoms with Crippen LogP contribution in [0.15, 0.2) is 18.2 Å². The van der Waals surface area contributed by atoms with Crippen LogP contribution in [0.5, 0.6) is 0 Å². The Morgan fingerprint density at radius 2 is 2.04 bits per heavy atom. The van der Waals surface area contributed by atoms with Crippen LogP contribution in [0.2, 0.25) is 5.02 Å². The molecule has 1 spiro atoms. The molecule has 7 heteroatoms. The van der Waals surface area contributed by atoms with Gasteiger partial charge in [0.15, 0.2) is 0 Å². The van der Waals surface area contributed by atoms with Gasteiger partial charge < -0.3 is 10.6 Å². The van der Waals surface area contributed by atoms with E-state index >= 15 is 0 Å². The maximum absolute atomic E-state index is 13.2. The molecule has 3 aliphatic heterocycles. The second-order valence-electron chi connectivity index (χ2n) is 7.32. The number of quaternary nitrogens is 1. The molecule has 0 aliphatic carbocycles. The number of nitrogens with zero attached hydrogens (tertiary/aromatic N) is 1. The molecule has 3 amide bonds. The number of fused-ring (bicyclic) bond motifs is 4. The molecular formula is C18H21ClN3O3+. The van der Waals surface area contributed by atoms with Crippen molar-refractivity contribution in [2.45, 2.75) is 44.8 Å². The largest absolute Gasteiger partial charge is 0.326 e. The zero-order valence-electron chi connectivity index (χ0n) is 14.4. The molecule has 3 aliphatic rings. The molecule has 0 saturated carbocycles. The fraction of sp³-hybridized carbons (Fsp3) is 0.500. The first-order chi connectivity index (χ1) is 11.8. The number of likely N-dealkylation sites (tertiary alicyclic amines) is 1. The fourth-order valence-corrected chi connectivity index (χ4v) is 4.99. The van der Waals surface area contributed by atoms with E-state index in [4.69, 9.17) is 11.6 Å². The predicted molar refractivity (Wildman–Crippen MR) is 91.7 cm³/mol. The number of rotatable bonds is 2. The second kappa shape index (κ2) is 5.29. The van der Waals surface area contributed by atoms with Crippen molar-refractivity contribution in [1.82, 2.24) is 4.90 Å². The van der Waals surface area contributed by atoms with Gasteiger partial charge in [-0.15, -0.1) is 0 Å². The number of imide groups is 1. The monoisotopic (exact) mass is 362 g/mol. The number of nitrogens with one attached hydrogen (secondary N) is 1. The maximum atomic E-state index is 13.2. The van der Waals surface area contributed by atoms with Crippen LogP contribution in [0.3, 0.4) is 0 Å². The first kappa shape index (κ1) is 16.5. The maximum Gasteiger partial charge on any atom is 0.291 e. The van der Waals surface area contributed by atoms with Crippen molar-refractivity contribution in [3.63, 3.8) is 0 Å². The molecule has 1 aromatic rings. The first-order valence-corrected chi connectivity index (χ1v) is 9.05. The average molecular weight is 363 g/mol. The van der Waals surface area contributed by atoms with E-state index in [1.807, 2.05) is 32.2 Å². The summed E-state index contributed by atoms with van der Waals surface area (Å²) in [4.78, 5) is 40.6. The van der Waals surface area contributed by atoms with Crippen molar-refractivity contribution in [2.75, 3.05) is 5.32 Å². The summed E-state index contributed by atoms with van der Waals surface area (Å²) in [6.07, 6.45) is 0.691. The van der Waals surface area contributed by atoms with Gasteiger partial charge in [0, 0.05) is 11.6 Å². The topological polar surface area (TPSA) is 83.1 Å². The van der Waals surface area contributed by atoms with Gasteiger partial charge in [-0.1, -0.05) is 24.6 Å². The van der Waals surface area contributed by atoms with Crippen molar-refractivity contribution >= 4 is 35.0 Å². The van der Waals surface area contributed by atoms with Gasteiger partial charge in [0.05, 0.1) is 16.8 Å². The summed E-state index contributed by atoms with van der Waals surface area (Å²) in [6.45, 7) is 5.73. The molecular weight excluding hydrogens is 342 g/mol. The highest BCUT2D eigenvalue weighted by Crippen LogP contribution is 2.50. The Balaban J connectivity index is 1.89. The first-order valence-electron chi connectivity index (χ1n) is 8.68. The normalized spacial score (nSPS) is 34.5.